The average molecular weight is 310 g/mol. The van der Waals surface area contributed by atoms with E-state index in [0.717, 1.165) is 10.6 Å². The Morgan fingerprint density at radius 1 is 1.35 bits per heavy atom. The first-order chi connectivity index (χ1) is 8.83. The Labute approximate surface area is 119 Å². The number of hydrogen-bond donors (Lipinski definition) is 2. The lowest BCUT2D eigenvalue weighted by molar-refractivity contribution is -0.139. The van der Waals surface area contributed by atoms with Crippen LogP contribution in [0, 0.1) is 0 Å². The standard InChI is InChI=1S/C11H22N2O6S/c1-11(2,3)19-10(16)12-8(9(14)15)6-7-13(4)20(5,17)18/h8H,6-7H2,1-5H3,(H,12,16)(H,14,15). The molecule has 1 amide bonds. The number of carboxylic acid groups (broad SMARTS) is 1. The fourth-order valence-corrected chi connectivity index (χ4v) is 1.62. The lowest BCUT2D eigenvalue weighted by atomic mass is 10.2. The largest absolute Gasteiger partial charge is 0.480 e. The van der Waals surface area contributed by atoms with Gasteiger partial charge < -0.3 is 15.2 Å². The molecule has 0 aliphatic rings. The van der Waals surface area contributed by atoms with Crippen LogP contribution in [0.1, 0.15) is 27.2 Å². The molecule has 9 heteroatoms. The molecule has 0 saturated heterocycles. The normalized spacial score (nSPS) is 13.9. The molecule has 0 aliphatic carbocycles. The van der Waals surface area contributed by atoms with E-state index in [4.69, 9.17) is 9.84 Å². The predicted molar refractivity (Wildman–Crippen MR) is 72.9 cm³/mol. The highest BCUT2D eigenvalue weighted by molar-refractivity contribution is 7.88. The number of carbonyl (C=O) groups is 2. The highest BCUT2D eigenvalue weighted by Gasteiger charge is 2.25. The molecule has 1 unspecified atom stereocenters. The molecule has 2 N–H and O–H groups in total. The lowest BCUT2D eigenvalue weighted by Gasteiger charge is -2.22. The first-order valence-corrected chi connectivity index (χ1v) is 7.81. The van der Waals surface area contributed by atoms with Gasteiger partial charge in [-0.25, -0.2) is 22.3 Å². The van der Waals surface area contributed by atoms with Crippen LogP contribution in [0.15, 0.2) is 0 Å². The minimum Gasteiger partial charge on any atom is -0.480 e. The monoisotopic (exact) mass is 310 g/mol. The van der Waals surface area contributed by atoms with E-state index in [1.54, 1.807) is 20.8 Å². The molecule has 0 aromatic carbocycles. The zero-order valence-electron chi connectivity index (χ0n) is 12.3. The number of hydrogen-bond acceptors (Lipinski definition) is 5. The molecule has 0 radical (unpaired) electrons. The maximum atomic E-state index is 11.5. The number of amides is 1. The predicted octanol–water partition coefficient (Wildman–Crippen LogP) is 0.246. The van der Waals surface area contributed by atoms with Crippen molar-refractivity contribution < 1.29 is 27.9 Å². The number of carbonyl (C=O) groups excluding carboxylic acids is 1. The van der Waals surface area contributed by atoms with Crippen molar-refractivity contribution in [1.29, 1.82) is 0 Å². The van der Waals surface area contributed by atoms with Crippen LogP contribution < -0.4 is 5.32 Å². The summed E-state index contributed by atoms with van der Waals surface area (Å²) in [6, 6.07) is -1.21. The summed E-state index contributed by atoms with van der Waals surface area (Å²) in [4.78, 5) is 22.5. The van der Waals surface area contributed by atoms with Crippen molar-refractivity contribution in [1.82, 2.24) is 9.62 Å². The molecular weight excluding hydrogens is 288 g/mol. The zero-order chi connectivity index (χ0) is 16.1. The van der Waals surface area contributed by atoms with E-state index in [1.807, 2.05) is 0 Å². The molecular formula is C11H22N2O6S. The summed E-state index contributed by atoms with van der Waals surface area (Å²) >= 11 is 0. The van der Waals surface area contributed by atoms with Gasteiger partial charge in [-0.05, 0) is 27.2 Å². The molecule has 0 bridgehead atoms. The van der Waals surface area contributed by atoms with Crippen LogP contribution >= 0.6 is 0 Å². The molecule has 0 rings (SSSR count). The van der Waals surface area contributed by atoms with E-state index in [0.29, 0.717) is 0 Å². The Morgan fingerprint density at radius 2 is 1.85 bits per heavy atom. The topological polar surface area (TPSA) is 113 Å². The van der Waals surface area contributed by atoms with Crippen molar-refractivity contribution in [2.45, 2.75) is 38.8 Å². The van der Waals surface area contributed by atoms with Gasteiger partial charge in [-0.1, -0.05) is 0 Å². The summed E-state index contributed by atoms with van der Waals surface area (Å²) in [7, 11) is -2.05. The van der Waals surface area contributed by atoms with E-state index < -0.39 is 33.7 Å². The van der Waals surface area contributed by atoms with Gasteiger partial charge in [0.05, 0.1) is 6.26 Å². The summed E-state index contributed by atoms with van der Waals surface area (Å²) in [6.45, 7) is 4.94. The maximum absolute atomic E-state index is 11.5. The minimum atomic E-state index is -3.39. The van der Waals surface area contributed by atoms with Crippen LogP contribution in [0.25, 0.3) is 0 Å². The van der Waals surface area contributed by atoms with E-state index in [2.05, 4.69) is 5.32 Å². The smallest absolute Gasteiger partial charge is 0.408 e. The van der Waals surface area contributed by atoms with E-state index >= 15 is 0 Å². The van der Waals surface area contributed by atoms with Gasteiger partial charge in [0.25, 0.3) is 0 Å². The zero-order valence-corrected chi connectivity index (χ0v) is 13.2. The molecule has 0 spiro atoms. The van der Waals surface area contributed by atoms with Crippen molar-refractivity contribution in [2.75, 3.05) is 19.8 Å². The third-order valence-electron chi connectivity index (χ3n) is 2.29. The maximum Gasteiger partial charge on any atom is 0.408 e. The van der Waals surface area contributed by atoms with Gasteiger partial charge in [-0.15, -0.1) is 0 Å². The van der Waals surface area contributed by atoms with Crippen molar-refractivity contribution in [2.24, 2.45) is 0 Å². The third-order valence-corrected chi connectivity index (χ3v) is 3.60. The number of rotatable bonds is 6. The first kappa shape index (κ1) is 18.7. The van der Waals surface area contributed by atoms with Crippen LogP contribution in [0.3, 0.4) is 0 Å². The number of ether oxygens (including phenoxy) is 1. The second-order valence-corrected chi connectivity index (χ2v) is 7.50. The van der Waals surface area contributed by atoms with Crippen molar-refractivity contribution in [3.05, 3.63) is 0 Å². The average Bonchev–Trinajstić information content (AvgIpc) is 2.18. The number of nitrogens with one attached hydrogen (secondary N) is 1. The Hall–Kier alpha value is -1.35. The van der Waals surface area contributed by atoms with Crippen LogP contribution in [-0.4, -0.2) is 61.4 Å². The molecule has 118 valence electrons. The summed E-state index contributed by atoms with van der Waals surface area (Å²) < 4.78 is 28.3. The Morgan fingerprint density at radius 3 is 2.20 bits per heavy atom. The summed E-state index contributed by atoms with van der Waals surface area (Å²) in [6.07, 6.45) is 0.106. The molecule has 0 aromatic rings. The Kier molecular flexibility index (Phi) is 6.42. The fraction of sp³-hybridized carbons (Fsp3) is 0.818. The van der Waals surface area contributed by atoms with Crippen molar-refractivity contribution in [3.8, 4) is 0 Å². The number of nitrogens with zero attached hydrogens (tertiary/aromatic N) is 1. The van der Waals surface area contributed by atoms with Gasteiger partial charge in [0.1, 0.15) is 11.6 Å². The van der Waals surface area contributed by atoms with Gasteiger partial charge in [0, 0.05) is 13.6 Å². The second-order valence-electron chi connectivity index (χ2n) is 5.41. The minimum absolute atomic E-state index is 0.0222. The van der Waals surface area contributed by atoms with Gasteiger partial charge >= 0.3 is 12.1 Å². The van der Waals surface area contributed by atoms with Crippen molar-refractivity contribution in [3.63, 3.8) is 0 Å². The molecule has 1 atom stereocenters. The van der Waals surface area contributed by atoms with Gasteiger partial charge in [0.2, 0.25) is 10.0 Å². The highest BCUT2D eigenvalue weighted by Crippen LogP contribution is 2.07. The number of aliphatic carboxylic acids is 1. The number of carboxylic acids is 1. The summed E-state index contributed by atoms with van der Waals surface area (Å²) in [5.74, 6) is -1.25. The van der Waals surface area contributed by atoms with Crippen LogP contribution in [0.2, 0.25) is 0 Å². The molecule has 8 nitrogen and oxygen atoms in total. The van der Waals surface area contributed by atoms with Gasteiger partial charge in [-0.3, -0.25) is 0 Å². The Bertz CT molecular complexity index is 454. The quantitative estimate of drug-likeness (QED) is 0.727. The summed E-state index contributed by atoms with van der Waals surface area (Å²) in [5, 5.41) is 11.2. The van der Waals surface area contributed by atoms with Crippen LogP contribution in [0.4, 0.5) is 4.79 Å². The third kappa shape index (κ3) is 7.95. The van der Waals surface area contributed by atoms with E-state index in [9.17, 15) is 18.0 Å². The molecule has 0 aromatic heterocycles. The summed E-state index contributed by atoms with van der Waals surface area (Å²) in [5.41, 5.74) is -0.739. The van der Waals surface area contributed by atoms with Gasteiger partial charge in [-0.2, -0.15) is 0 Å². The molecule has 20 heavy (non-hydrogen) atoms. The highest BCUT2D eigenvalue weighted by atomic mass is 32.2. The van der Waals surface area contributed by atoms with E-state index in [-0.39, 0.29) is 13.0 Å². The number of sulfonamides is 1. The van der Waals surface area contributed by atoms with E-state index in [1.165, 1.54) is 7.05 Å². The molecule has 0 aliphatic heterocycles. The lowest BCUT2D eigenvalue weighted by Crippen LogP contribution is -2.45. The van der Waals surface area contributed by atoms with Gasteiger partial charge in [0.15, 0.2) is 0 Å². The fourth-order valence-electron chi connectivity index (χ4n) is 1.18. The second kappa shape index (κ2) is 6.89. The SMILES string of the molecule is CN(CCC(NC(=O)OC(C)(C)C)C(=O)O)S(C)(=O)=O. The van der Waals surface area contributed by atoms with Crippen molar-refractivity contribution >= 4 is 22.1 Å². The molecule has 0 heterocycles. The van der Waals surface area contributed by atoms with Crippen LogP contribution in [-0.2, 0) is 19.6 Å². The first-order valence-electron chi connectivity index (χ1n) is 5.96. The number of alkyl carbamates (subject to hydrolysis) is 1. The molecule has 0 saturated carbocycles. The Balaban J connectivity index is 4.54. The molecule has 0 fully saturated rings. The van der Waals surface area contributed by atoms with Crippen LogP contribution in [0.5, 0.6) is 0 Å².